The monoisotopic (exact) mass is 316 g/mol. The highest BCUT2D eigenvalue weighted by atomic mass is 35.5. The molecule has 6 heteroatoms. The molecule has 0 bridgehead atoms. The molecule has 0 amide bonds. The molecule has 1 N–H and O–H groups in total. The van der Waals surface area contributed by atoms with Crippen LogP contribution in [0.5, 0.6) is 0 Å². The Kier molecular flexibility index (Phi) is 5.12. The number of halogens is 1. The summed E-state index contributed by atoms with van der Waals surface area (Å²) in [6, 6.07) is 10.6. The number of hydrogen-bond donors (Lipinski definition) is 1. The predicted molar refractivity (Wildman–Crippen MR) is 86.8 cm³/mol. The lowest BCUT2D eigenvalue weighted by Gasteiger charge is -2.22. The molecule has 0 aliphatic carbocycles. The molecule has 0 saturated heterocycles. The number of ether oxygens (including phenoxy) is 1. The number of nitrogens with zero attached hydrogens (tertiary/aromatic N) is 2. The molecule has 0 saturated carbocycles. The van der Waals surface area contributed by atoms with Gasteiger partial charge in [0, 0.05) is 22.0 Å². The quantitative estimate of drug-likeness (QED) is 0.645. The van der Waals surface area contributed by atoms with Crippen molar-refractivity contribution in [3.05, 3.63) is 58.0 Å². The minimum atomic E-state index is -0.567. The van der Waals surface area contributed by atoms with Crippen LogP contribution in [0, 0.1) is 5.41 Å². The third kappa shape index (κ3) is 3.62. The first-order valence-electron chi connectivity index (χ1n) is 6.73. The summed E-state index contributed by atoms with van der Waals surface area (Å²) in [5.74, 6) is -0.336. The summed E-state index contributed by atoms with van der Waals surface area (Å²) < 4.78 is 4.93. The van der Waals surface area contributed by atoms with Crippen molar-refractivity contribution in [3.8, 4) is 0 Å². The SMILES string of the molecule is CCOC(=O)c1cc(Cl)c(C(C)=N)c([N-]c2ccccc2)n1. The van der Waals surface area contributed by atoms with E-state index in [0.29, 0.717) is 11.3 Å². The Hall–Kier alpha value is -2.40. The molecule has 0 spiro atoms. The number of benzene rings is 1. The van der Waals surface area contributed by atoms with Gasteiger partial charge in [-0.2, -0.15) is 0 Å². The van der Waals surface area contributed by atoms with Crippen molar-refractivity contribution in [1.29, 1.82) is 5.41 Å². The van der Waals surface area contributed by atoms with Gasteiger partial charge in [-0.05, 0) is 31.4 Å². The van der Waals surface area contributed by atoms with E-state index in [-0.39, 0.29) is 28.9 Å². The first-order chi connectivity index (χ1) is 10.5. The normalized spacial score (nSPS) is 10.1. The van der Waals surface area contributed by atoms with E-state index in [1.54, 1.807) is 26.0 Å². The maximum absolute atomic E-state index is 11.8. The minimum absolute atomic E-state index is 0.0755. The van der Waals surface area contributed by atoms with Crippen molar-refractivity contribution >= 4 is 34.8 Å². The highest BCUT2D eigenvalue weighted by Crippen LogP contribution is 2.35. The lowest BCUT2D eigenvalue weighted by atomic mass is 10.1. The van der Waals surface area contributed by atoms with Crippen molar-refractivity contribution in [2.24, 2.45) is 0 Å². The average molecular weight is 317 g/mol. The predicted octanol–water partition coefficient (Wildman–Crippen LogP) is 4.64. The summed E-state index contributed by atoms with van der Waals surface area (Å²) in [5, 5.41) is 12.5. The largest absolute Gasteiger partial charge is 0.463 e. The van der Waals surface area contributed by atoms with Gasteiger partial charge in [-0.1, -0.05) is 41.9 Å². The number of esters is 1. The van der Waals surface area contributed by atoms with Gasteiger partial charge in [0.1, 0.15) is 0 Å². The standard InChI is InChI=1S/C16H15ClN3O2/c1-3-22-16(21)13-9-12(17)14(10(2)18)15(20-13)19-11-7-5-4-6-8-11/h4-9H,3H2,1-2H3,(H-,18,19,20)/q-1. The third-order valence-corrected chi connectivity index (χ3v) is 3.10. The van der Waals surface area contributed by atoms with Gasteiger partial charge in [-0.3, -0.25) is 0 Å². The Labute approximate surface area is 133 Å². The zero-order valence-corrected chi connectivity index (χ0v) is 13.0. The van der Waals surface area contributed by atoms with E-state index in [4.69, 9.17) is 21.7 Å². The molecule has 114 valence electrons. The second-order valence-corrected chi connectivity index (χ2v) is 4.89. The van der Waals surface area contributed by atoms with Gasteiger partial charge in [-0.15, -0.1) is 0 Å². The van der Waals surface area contributed by atoms with E-state index in [2.05, 4.69) is 10.3 Å². The maximum Gasteiger partial charge on any atom is 0.334 e. The molecule has 2 aromatic rings. The third-order valence-electron chi connectivity index (χ3n) is 2.80. The molecule has 0 fully saturated rings. The van der Waals surface area contributed by atoms with Crippen LogP contribution in [-0.2, 0) is 4.74 Å². The molecule has 2 rings (SSSR count). The van der Waals surface area contributed by atoms with Crippen molar-refractivity contribution in [2.75, 3.05) is 6.61 Å². The number of carbonyl (C=O) groups excluding carboxylic acids is 1. The molecular weight excluding hydrogens is 302 g/mol. The van der Waals surface area contributed by atoms with E-state index in [0.717, 1.165) is 0 Å². The minimum Gasteiger partial charge on any atom is -0.463 e. The number of aromatic nitrogens is 1. The molecule has 1 aromatic carbocycles. The summed E-state index contributed by atoms with van der Waals surface area (Å²) in [6.45, 7) is 3.55. The number of nitrogens with one attached hydrogen (secondary N) is 1. The molecule has 0 radical (unpaired) electrons. The highest BCUT2D eigenvalue weighted by Gasteiger charge is 2.11. The zero-order valence-electron chi connectivity index (χ0n) is 12.3. The number of pyridine rings is 1. The molecular formula is C16H15ClN3O2-. The summed E-state index contributed by atoms with van der Waals surface area (Å²) in [5.41, 5.74) is 1.36. The molecule has 1 aromatic heterocycles. The van der Waals surface area contributed by atoms with Gasteiger partial charge < -0.3 is 20.4 Å². The smallest absolute Gasteiger partial charge is 0.334 e. The lowest BCUT2D eigenvalue weighted by Crippen LogP contribution is -2.09. The van der Waals surface area contributed by atoms with Gasteiger partial charge in [0.25, 0.3) is 0 Å². The fourth-order valence-corrected chi connectivity index (χ4v) is 2.19. The Balaban J connectivity index is 2.48. The lowest BCUT2D eigenvalue weighted by molar-refractivity contribution is 0.0519. The number of carbonyl (C=O) groups is 1. The van der Waals surface area contributed by atoms with Gasteiger partial charge in [-0.25, -0.2) is 4.79 Å². The van der Waals surface area contributed by atoms with Crippen LogP contribution in [0.4, 0.5) is 11.5 Å². The molecule has 0 aliphatic rings. The first kappa shape index (κ1) is 16.0. The molecule has 0 unspecified atom stereocenters. The van der Waals surface area contributed by atoms with Crippen molar-refractivity contribution < 1.29 is 9.53 Å². The fraction of sp³-hybridized carbons (Fsp3) is 0.188. The van der Waals surface area contributed by atoms with Gasteiger partial charge in [0.05, 0.1) is 6.61 Å². The van der Waals surface area contributed by atoms with Gasteiger partial charge in [0.2, 0.25) is 0 Å². The van der Waals surface area contributed by atoms with E-state index >= 15 is 0 Å². The van der Waals surface area contributed by atoms with Crippen molar-refractivity contribution in [1.82, 2.24) is 4.98 Å². The molecule has 0 aliphatic heterocycles. The van der Waals surface area contributed by atoms with Gasteiger partial charge >= 0.3 is 5.97 Å². The molecule has 5 nitrogen and oxygen atoms in total. The second kappa shape index (κ2) is 7.04. The summed E-state index contributed by atoms with van der Waals surface area (Å²) in [7, 11) is 0. The Bertz CT molecular complexity index is 702. The average Bonchev–Trinajstić information content (AvgIpc) is 2.47. The van der Waals surface area contributed by atoms with E-state index in [1.807, 2.05) is 18.2 Å². The van der Waals surface area contributed by atoms with Crippen LogP contribution in [0.15, 0.2) is 36.4 Å². The van der Waals surface area contributed by atoms with Crippen LogP contribution < -0.4 is 0 Å². The second-order valence-electron chi connectivity index (χ2n) is 4.48. The van der Waals surface area contributed by atoms with Gasteiger partial charge in [0.15, 0.2) is 0 Å². The highest BCUT2D eigenvalue weighted by molar-refractivity contribution is 6.35. The number of para-hydroxylation sites is 1. The molecule has 0 atom stereocenters. The first-order valence-corrected chi connectivity index (χ1v) is 7.10. The number of hydrogen-bond acceptors (Lipinski definition) is 4. The Morgan fingerprint density at radius 1 is 1.36 bits per heavy atom. The topological polar surface area (TPSA) is 77.1 Å². The Morgan fingerprint density at radius 2 is 2.05 bits per heavy atom. The van der Waals surface area contributed by atoms with E-state index < -0.39 is 5.97 Å². The van der Waals surface area contributed by atoms with Crippen LogP contribution in [0.25, 0.3) is 5.32 Å². The fourth-order valence-electron chi connectivity index (χ4n) is 1.86. The van der Waals surface area contributed by atoms with Crippen LogP contribution >= 0.6 is 11.6 Å². The maximum atomic E-state index is 11.8. The van der Waals surface area contributed by atoms with Crippen LogP contribution in [-0.4, -0.2) is 23.3 Å². The molecule has 22 heavy (non-hydrogen) atoms. The van der Waals surface area contributed by atoms with Crippen LogP contribution in [0.1, 0.15) is 29.9 Å². The zero-order chi connectivity index (χ0) is 16.1. The van der Waals surface area contributed by atoms with Crippen LogP contribution in [0.2, 0.25) is 5.02 Å². The summed E-state index contributed by atoms with van der Waals surface area (Å²) in [4.78, 5) is 16.0. The van der Waals surface area contributed by atoms with E-state index in [1.165, 1.54) is 6.07 Å². The van der Waals surface area contributed by atoms with Crippen LogP contribution in [0.3, 0.4) is 0 Å². The summed E-state index contributed by atoms with van der Waals surface area (Å²) >= 11 is 6.19. The Morgan fingerprint density at radius 3 is 2.64 bits per heavy atom. The van der Waals surface area contributed by atoms with Crippen molar-refractivity contribution in [2.45, 2.75) is 13.8 Å². The van der Waals surface area contributed by atoms with Crippen molar-refractivity contribution in [3.63, 3.8) is 0 Å². The summed E-state index contributed by atoms with van der Waals surface area (Å²) in [6.07, 6.45) is 0. The molecule has 1 heterocycles. The number of rotatable bonds is 5. The van der Waals surface area contributed by atoms with E-state index in [9.17, 15) is 4.79 Å².